The van der Waals surface area contributed by atoms with E-state index >= 15 is 0 Å². The van der Waals surface area contributed by atoms with Crippen LogP contribution in [0.25, 0.3) is 11.6 Å². The number of fused-ring (bicyclic) bond motifs is 1. The third-order valence-corrected chi connectivity index (χ3v) is 6.54. The number of carbonyl (C=O) groups excluding carboxylic acids is 1. The van der Waals surface area contributed by atoms with E-state index in [9.17, 15) is 4.79 Å². The average molecular weight is 452 g/mol. The second-order valence-electron chi connectivity index (χ2n) is 8.68. The van der Waals surface area contributed by atoms with Crippen molar-refractivity contribution >= 4 is 57.5 Å². The largest absolute Gasteiger partial charge is 0.360 e. The molecule has 0 aliphatic carbocycles. The fourth-order valence-corrected chi connectivity index (χ4v) is 5.42. The van der Waals surface area contributed by atoms with E-state index in [0.29, 0.717) is 26.8 Å². The van der Waals surface area contributed by atoms with Gasteiger partial charge in [-0.2, -0.15) is 0 Å². The van der Waals surface area contributed by atoms with Crippen LogP contribution in [0.3, 0.4) is 0 Å². The lowest BCUT2D eigenvalue weighted by Gasteiger charge is -2.46. The highest BCUT2D eigenvalue weighted by atomic mass is 35.5. The highest BCUT2D eigenvalue weighted by Gasteiger charge is 2.33. The maximum atomic E-state index is 12.5. The molecule has 0 unspecified atom stereocenters. The highest BCUT2D eigenvalue weighted by Crippen LogP contribution is 2.41. The van der Waals surface area contributed by atoms with Crippen molar-refractivity contribution in [3.05, 3.63) is 69.6 Å². The zero-order valence-corrected chi connectivity index (χ0v) is 19.9. The summed E-state index contributed by atoms with van der Waals surface area (Å²) in [5, 5.41) is 4.01. The Morgan fingerprint density at radius 1 is 1.19 bits per heavy atom. The van der Waals surface area contributed by atoms with Crippen molar-refractivity contribution in [3.63, 3.8) is 0 Å². The van der Waals surface area contributed by atoms with Crippen LogP contribution in [-0.2, 0) is 4.79 Å². The van der Waals surface area contributed by atoms with Crippen LogP contribution in [0.5, 0.6) is 0 Å². The zero-order chi connectivity index (χ0) is 22.3. The average Bonchev–Trinajstić information content (AvgIpc) is 3.00. The summed E-state index contributed by atoms with van der Waals surface area (Å²) in [4.78, 5) is 20.1. The molecule has 0 saturated carbocycles. The zero-order valence-electron chi connectivity index (χ0n) is 18.4. The van der Waals surface area contributed by atoms with Crippen LogP contribution in [0.4, 0.5) is 11.4 Å². The number of benzene rings is 2. The van der Waals surface area contributed by atoms with Gasteiger partial charge in [-0.3, -0.25) is 4.79 Å². The Morgan fingerprint density at radius 3 is 2.68 bits per heavy atom. The molecule has 0 aromatic heterocycles. The molecule has 2 aromatic rings. The van der Waals surface area contributed by atoms with Crippen molar-refractivity contribution in [2.24, 2.45) is 4.99 Å². The molecular weight excluding hydrogens is 426 g/mol. The maximum absolute atomic E-state index is 12.5. The smallest absolute Gasteiger partial charge is 0.264 e. The topological polar surface area (TPSA) is 44.7 Å². The van der Waals surface area contributed by atoms with Crippen molar-refractivity contribution in [2.75, 3.05) is 4.90 Å². The Hall–Kier alpha value is -2.50. The van der Waals surface area contributed by atoms with E-state index in [-0.39, 0.29) is 11.4 Å². The lowest BCUT2D eigenvalue weighted by atomic mass is 9.87. The molecule has 160 valence electrons. The van der Waals surface area contributed by atoms with Crippen LogP contribution in [-0.4, -0.2) is 22.7 Å². The molecule has 0 bridgehead atoms. The minimum absolute atomic E-state index is 0.0435. The molecule has 1 N–H and O–H groups in total. The molecule has 4 nitrogen and oxygen atoms in total. The number of nitrogens with one attached hydrogen (secondary N) is 1. The van der Waals surface area contributed by atoms with Gasteiger partial charge in [0, 0.05) is 22.3 Å². The SMILES string of the molecule is CC1=CC(C)(C)N(C(C)C)c2ccc(/C=C3\SC(=Nc4cccc(Cl)c4)NC3=O)cc21. The van der Waals surface area contributed by atoms with E-state index in [1.807, 2.05) is 18.2 Å². The quantitative estimate of drug-likeness (QED) is 0.532. The third kappa shape index (κ3) is 4.43. The monoisotopic (exact) mass is 451 g/mol. The normalized spacial score (nSPS) is 20.3. The molecule has 6 heteroatoms. The van der Waals surface area contributed by atoms with E-state index in [1.165, 1.54) is 28.6 Å². The minimum atomic E-state index is -0.138. The van der Waals surface area contributed by atoms with Gasteiger partial charge in [0.05, 0.1) is 16.1 Å². The molecule has 2 aromatic carbocycles. The van der Waals surface area contributed by atoms with Crippen molar-refractivity contribution in [3.8, 4) is 0 Å². The van der Waals surface area contributed by atoms with Gasteiger partial charge in [-0.25, -0.2) is 4.99 Å². The molecule has 1 saturated heterocycles. The van der Waals surface area contributed by atoms with Crippen LogP contribution in [0.1, 0.15) is 45.7 Å². The highest BCUT2D eigenvalue weighted by molar-refractivity contribution is 8.18. The number of amides is 1. The number of anilines is 1. The number of allylic oxidation sites excluding steroid dienone is 1. The summed E-state index contributed by atoms with van der Waals surface area (Å²) in [6.45, 7) is 11.1. The Bertz CT molecular complexity index is 1150. The standard InChI is InChI=1S/C25H26ClN3OS/c1-15(2)29-21-10-9-17(11-20(21)16(3)14-25(29,4)5)12-22-23(30)28-24(31-22)27-19-8-6-7-18(26)13-19/h6-15H,1-5H3,(H,27,28,30)/b22-12-. The van der Waals surface area contributed by atoms with Crippen LogP contribution >= 0.6 is 23.4 Å². The van der Waals surface area contributed by atoms with Crippen LogP contribution in [0, 0.1) is 0 Å². The number of amidine groups is 1. The molecule has 1 fully saturated rings. The number of aliphatic imine (C=N–C) groups is 1. The van der Waals surface area contributed by atoms with Gasteiger partial charge in [-0.15, -0.1) is 0 Å². The minimum Gasteiger partial charge on any atom is -0.360 e. The van der Waals surface area contributed by atoms with Gasteiger partial charge in [0.15, 0.2) is 5.17 Å². The molecule has 1 amide bonds. The number of nitrogens with zero attached hydrogens (tertiary/aromatic N) is 2. The summed E-state index contributed by atoms with van der Waals surface area (Å²) in [7, 11) is 0. The summed E-state index contributed by atoms with van der Waals surface area (Å²) in [6.07, 6.45) is 4.24. The van der Waals surface area contributed by atoms with Crippen LogP contribution in [0.2, 0.25) is 5.02 Å². The molecule has 0 radical (unpaired) electrons. The van der Waals surface area contributed by atoms with Gasteiger partial charge >= 0.3 is 0 Å². The number of rotatable bonds is 3. The number of carbonyl (C=O) groups is 1. The van der Waals surface area contributed by atoms with Gasteiger partial charge in [-0.05, 0) is 93.9 Å². The predicted molar refractivity (Wildman–Crippen MR) is 134 cm³/mol. The lowest BCUT2D eigenvalue weighted by Crippen LogP contribution is -2.49. The first-order valence-electron chi connectivity index (χ1n) is 10.3. The molecular formula is C25H26ClN3OS. The molecule has 31 heavy (non-hydrogen) atoms. The van der Waals surface area contributed by atoms with E-state index < -0.39 is 0 Å². The van der Waals surface area contributed by atoms with Crippen LogP contribution in [0.15, 0.2) is 58.4 Å². The fourth-order valence-electron chi connectivity index (χ4n) is 4.40. The molecule has 2 aliphatic heterocycles. The van der Waals surface area contributed by atoms with E-state index in [4.69, 9.17) is 11.6 Å². The van der Waals surface area contributed by atoms with E-state index in [1.54, 1.807) is 12.1 Å². The fraction of sp³-hybridized carbons (Fsp3) is 0.280. The predicted octanol–water partition coefficient (Wildman–Crippen LogP) is 6.64. The van der Waals surface area contributed by atoms with Crippen LogP contribution < -0.4 is 10.2 Å². The second-order valence-corrected chi connectivity index (χ2v) is 10.2. The molecule has 2 heterocycles. The Morgan fingerprint density at radius 2 is 1.97 bits per heavy atom. The summed E-state index contributed by atoms with van der Waals surface area (Å²) >= 11 is 7.37. The number of thioether (sulfide) groups is 1. The van der Waals surface area contributed by atoms with Crippen molar-refractivity contribution in [1.29, 1.82) is 0 Å². The van der Waals surface area contributed by atoms with Crippen molar-refractivity contribution in [1.82, 2.24) is 5.32 Å². The number of hydrogen-bond acceptors (Lipinski definition) is 4. The molecule has 0 spiro atoms. The van der Waals surface area contributed by atoms with E-state index in [0.717, 1.165) is 5.56 Å². The van der Waals surface area contributed by atoms with Gasteiger partial charge in [-0.1, -0.05) is 29.8 Å². The van der Waals surface area contributed by atoms with Gasteiger partial charge < -0.3 is 10.2 Å². The first-order chi connectivity index (χ1) is 14.6. The van der Waals surface area contributed by atoms with Crippen molar-refractivity contribution in [2.45, 2.75) is 46.2 Å². The van der Waals surface area contributed by atoms with Crippen molar-refractivity contribution < 1.29 is 4.79 Å². The van der Waals surface area contributed by atoms with Gasteiger partial charge in [0.1, 0.15) is 0 Å². The lowest BCUT2D eigenvalue weighted by molar-refractivity contribution is -0.115. The molecule has 4 rings (SSSR count). The van der Waals surface area contributed by atoms with Gasteiger partial charge in [0.25, 0.3) is 5.91 Å². The number of halogens is 1. The first-order valence-corrected chi connectivity index (χ1v) is 11.5. The van der Waals surface area contributed by atoms with Gasteiger partial charge in [0.2, 0.25) is 0 Å². The van der Waals surface area contributed by atoms with E-state index in [2.05, 4.69) is 74.1 Å². The Labute approximate surface area is 193 Å². The second kappa shape index (κ2) is 8.21. The summed E-state index contributed by atoms with van der Waals surface area (Å²) in [5.74, 6) is -0.138. The Balaban J connectivity index is 1.64. The summed E-state index contributed by atoms with van der Waals surface area (Å²) in [6, 6.07) is 14.0. The Kier molecular flexibility index (Phi) is 5.75. The third-order valence-electron chi connectivity index (χ3n) is 5.40. The first kappa shape index (κ1) is 21.7. The summed E-state index contributed by atoms with van der Waals surface area (Å²) < 4.78 is 0. The maximum Gasteiger partial charge on any atom is 0.264 e. The summed E-state index contributed by atoms with van der Waals surface area (Å²) in [5.41, 5.74) is 5.36. The molecule has 0 atom stereocenters. The molecule has 2 aliphatic rings. The number of hydrogen-bond donors (Lipinski definition) is 1.